The molecule has 1 fully saturated rings. The van der Waals surface area contributed by atoms with Crippen LogP contribution in [0.4, 0.5) is 5.69 Å². The van der Waals surface area contributed by atoms with E-state index < -0.39 is 22.1 Å². The smallest absolute Gasteiger partial charge is 0.292 e. The first-order valence-corrected chi connectivity index (χ1v) is 8.25. The van der Waals surface area contributed by atoms with Crippen LogP contribution < -0.4 is 10.4 Å². The summed E-state index contributed by atoms with van der Waals surface area (Å²) in [7, 11) is 1.93. The van der Waals surface area contributed by atoms with Crippen molar-refractivity contribution in [2.45, 2.75) is 6.10 Å². The van der Waals surface area contributed by atoms with E-state index in [2.05, 4.69) is 26.3 Å². The highest BCUT2D eigenvalue weighted by Gasteiger charge is 2.19. The molecule has 3 rings (SSSR count). The fourth-order valence-corrected chi connectivity index (χ4v) is 2.85. The summed E-state index contributed by atoms with van der Waals surface area (Å²) in [5.41, 5.74) is 0.273. The number of nitrogens with two attached hydrogens (primary N) is 1. The van der Waals surface area contributed by atoms with Gasteiger partial charge in [0, 0.05) is 18.8 Å². The van der Waals surface area contributed by atoms with Crippen molar-refractivity contribution in [2.24, 2.45) is 7.05 Å². The predicted molar refractivity (Wildman–Crippen MR) is 88.7 cm³/mol. The van der Waals surface area contributed by atoms with E-state index in [1.54, 1.807) is 0 Å². The molecule has 2 N–H and O–H groups in total. The molecular formula is C15H17BrN4O5. The molecule has 0 saturated carbocycles. The van der Waals surface area contributed by atoms with Gasteiger partial charge in [-0.2, -0.15) is 5.10 Å². The summed E-state index contributed by atoms with van der Waals surface area (Å²) in [5.74, 6) is -1.56. The number of nitro groups is 1. The Bertz CT molecular complexity index is 758. The molecule has 2 aromatic rings. The minimum Gasteiger partial charge on any atom is -0.545 e. The van der Waals surface area contributed by atoms with Crippen LogP contribution in [-0.4, -0.2) is 40.4 Å². The molecule has 1 atom stereocenters. The lowest BCUT2D eigenvalue weighted by Crippen LogP contribution is -2.88. The maximum Gasteiger partial charge on any atom is 0.292 e. The van der Waals surface area contributed by atoms with Crippen LogP contribution in [0.15, 0.2) is 35.1 Å². The highest BCUT2D eigenvalue weighted by Crippen LogP contribution is 2.27. The Morgan fingerprint density at radius 3 is 2.76 bits per heavy atom. The SMILES string of the molecule is Cn1cc(C2C[NH2+]CCO2)cn1.O=C([O-])c1cccc(Br)c1[N+](=O)[O-]. The number of halogens is 1. The van der Waals surface area contributed by atoms with E-state index in [9.17, 15) is 20.0 Å². The summed E-state index contributed by atoms with van der Waals surface area (Å²) in [5, 5.41) is 27.3. The van der Waals surface area contributed by atoms with Gasteiger partial charge in [0.25, 0.3) is 5.69 Å². The van der Waals surface area contributed by atoms with Gasteiger partial charge in [-0.05, 0) is 28.1 Å². The van der Waals surface area contributed by atoms with Gasteiger partial charge in [-0.1, -0.05) is 6.07 Å². The summed E-state index contributed by atoms with van der Waals surface area (Å²) >= 11 is 2.88. The number of morpholine rings is 1. The van der Waals surface area contributed by atoms with Gasteiger partial charge in [0.05, 0.1) is 40.3 Å². The summed E-state index contributed by atoms with van der Waals surface area (Å²) in [4.78, 5) is 20.1. The molecule has 10 heteroatoms. The molecule has 1 unspecified atom stereocenters. The molecule has 25 heavy (non-hydrogen) atoms. The van der Waals surface area contributed by atoms with Crippen LogP contribution in [0.25, 0.3) is 0 Å². The Morgan fingerprint density at radius 2 is 2.28 bits per heavy atom. The molecule has 0 amide bonds. The highest BCUT2D eigenvalue weighted by atomic mass is 79.9. The first kappa shape index (κ1) is 19.0. The normalized spacial score (nSPS) is 16.6. The van der Waals surface area contributed by atoms with E-state index in [-0.39, 0.29) is 10.6 Å². The lowest BCUT2D eigenvalue weighted by atomic mass is 10.2. The van der Waals surface area contributed by atoms with Crippen LogP contribution in [0.5, 0.6) is 0 Å². The van der Waals surface area contributed by atoms with E-state index in [1.807, 2.05) is 24.1 Å². The van der Waals surface area contributed by atoms with E-state index in [4.69, 9.17) is 4.74 Å². The summed E-state index contributed by atoms with van der Waals surface area (Å²) < 4.78 is 7.53. The van der Waals surface area contributed by atoms with E-state index >= 15 is 0 Å². The number of carboxylic acid groups (broad SMARTS) is 1. The third kappa shape index (κ3) is 5.08. The van der Waals surface area contributed by atoms with Crippen LogP contribution >= 0.6 is 15.9 Å². The number of ether oxygens (including phenoxy) is 1. The van der Waals surface area contributed by atoms with Gasteiger partial charge >= 0.3 is 0 Å². The van der Waals surface area contributed by atoms with Crippen LogP contribution in [0, 0.1) is 10.1 Å². The highest BCUT2D eigenvalue weighted by molar-refractivity contribution is 9.10. The van der Waals surface area contributed by atoms with Crippen LogP contribution in [-0.2, 0) is 11.8 Å². The number of hydrogen-bond donors (Lipinski definition) is 1. The molecule has 0 bridgehead atoms. The van der Waals surface area contributed by atoms with Gasteiger partial charge in [0.2, 0.25) is 0 Å². The number of aromatic nitrogens is 2. The van der Waals surface area contributed by atoms with Gasteiger partial charge in [-0.15, -0.1) is 0 Å². The fourth-order valence-electron chi connectivity index (χ4n) is 2.34. The number of carbonyl (C=O) groups excluding carboxylic acids is 1. The average Bonchev–Trinajstić information content (AvgIpc) is 3.02. The number of hydrogen-bond acceptors (Lipinski definition) is 6. The maximum absolute atomic E-state index is 10.4. The van der Waals surface area contributed by atoms with Gasteiger partial charge in [-0.25, -0.2) is 0 Å². The topological polar surface area (TPSA) is 127 Å². The van der Waals surface area contributed by atoms with Gasteiger partial charge in [0.1, 0.15) is 12.6 Å². The fraction of sp³-hybridized carbons (Fsp3) is 0.333. The Balaban J connectivity index is 0.000000181. The first-order chi connectivity index (χ1) is 11.9. The zero-order valence-electron chi connectivity index (χ0n) is 13.4. The number of benzene rings is 1. The zero-order chi connectivity index (χ0) is 18.4. The molecular weight excluding hydrogens is 396 g/mol. The van der Waals surface area contributed by atoms with Gasteiger partial charge < -0.3 is 20.0 Å². The number of aryl methyl sites for hydroxylation is 1. The second-order valence-corrected chi connectivity index (χ2v) is 6.15. The number of carbonyl (C=O) groups is 1. The number of para-hydroxylation sites is 1. The van der Waals surface area contributed by atoms with Crippen molar-refractivity contribution in [1.82, 2.24) is 9.78 Å². The van der Waals surface area contributed by atoms with Crippen LogP contribution in [0.2, 0.25) is 0 Å². The third-order valence-electron chi connectivity index (χ3n) is 3.51. The van der Waals surface area contributed by atoms with Crippen molar-refractivity contribution in [3.63, 3.8) is 0 Å². The van der Waals surface area contributed by atoms with E-state index in [0.717, 1.165) is 25.8 Å². The number of rotatable bonds is 3. The lowest BCUT2D eigenvalue weighted by molar-refractivity contribution is -0.678. The largest absolute Gasteiger partial charge is 0.545 e. The standard InChI is InChI=1S/C8H13N3O.C7H4BrNO4/c1-11-6-7(4-10-11)8-5-9-2-3-12-8;8-5-3-1-2-4(7(10)11)6(5)9(12)13/h4,6,8-9H,2-3,5H2,1H3;1-3H,(H,10,11). The second kappa shape index (κ2) is 8.70. The second-order valence-electron chi connectivity index (χ2n) is 5.30. The van der Waals surface area contributed by atoms with Gasteiger partial charge in [0.15, 0.2) is 0 Å². The van der Waals surface area contributed by atoms with Crippen molar-refractivity contribution in [3.05, 3.63) is 56.3 Å². The molecule has 1 saturated heterocycles. The molecule has 1 aliphatic rings. The average molecular weight is 413 g/mol. The van der Waals surface area contributed by atoms with Crippen molar-refractivity contribution in [2.75, 3.05) is 19.7 Å². The predicted octanol–water partition coefficient (Wildman–Crippen LogP) is -0.224. The number of carboxylic acids is 1. The molecule has 134 valence electrons. The Labute approximate surface area is 151 Å². The molecule has 0 radical (unpaired) electrons. The summed E-state index contributed by atoms with van der Waals surface area (Å²) in [6.07, 6.45) is 4.14. The summed E-state index contributed by atoms with van der Waals surface area (Å²) in [6.45, 7) is 2.95. The molecule has 9 nitrogen and oxygen atoms in total. The Kier molecular flexibility index (Phi) is 6.62. The Morgan fingerprint density at radius 1 is 1.52 bits per heavy atom. The van der Waals surface area contributed by atoms with E-state index in [0.29, 0.717) is 0 Å². The Hall–Kier alpha value is -2.30. The zero-order valence-corrected chi connectivity index (χ0v) is 15.0. The molecule has 1 aromatic carbocycles. The minimum absolute atomic E-state index is 0.124. The molecule has 0 spiro atoms. The number of quaternary nitrogens is 1. The molecule has 0 aliphatic carbocycles. The first-order valence-electron chi connectivity index (χ1n) is 7.46. The molecule has 2 heterocycles. The van der Waals surface area contributed by atoms with Crippen molar-refractivity contribution in [3.8, 4) is 0 Å². The lowest BCUT2D eigenvalue weighted by Gasteiger charge is -2.19. The van der Waals surface area contributed by atoms with Crippen LogP contribution in [0.1, 0.15) is 22.0 Å². The van der Waals surface area contributed by atoms with Crippen molar-refractivity contribution in [1.29, 1.82) is 0 Å². The number of nitro benzene ring substituents is 1. The van der Waals surface area contributed by atoms with Crippen LogP contribution in [0.3, 0.4) is 0 Å². The monoisotopic (exact) mass is 412 g/mol. The molecule has 1 aliphatic heterocycles. The van der Waals surface area contributed by atoms with Crippen molar-refractivity contribution >= 4 is 27.6 Å². The van der Waals surface area contributed by atoms with Gasteiger partial charge in [-0.3, -0.25) is 14.8 Å². The number of aromatic carboxylic acids is 1. The minimum atomic E-state index is -1.56. The van der Waals surface area contributed by atoms with E-state index in [1.165, 1.54) is 17.7 Å². The van der Waals surface area contributed by atoms with Crippen molar-refractivity contribution < 1.29 is 24.9 Å². The maximum atomic E-state index is 10.4. The number of nitrogens with zero attached hydrogens (tertiary/aromatic N) is 3. The molecule has 1 aromatic heterocycles. The third-order valence-corrected chi connectivity index (χ3v) is 4.15. The summed E-state index contributed by atoms with van der Waals surface area (Å²) in [6, 6.07) is 3.91. The quantitative estimate of drug-likeness (QED) is 0.548.